The summed E-state index contributed by atoms with van der Waals surface area (Å²) in [5.41, 5.74) is 1.97. The Morgan fingerprint density at radius 3 is 3.00 bits per heavy atom. The van der Waals surface area contributed by atoms with Gasteiger partial charge in [-0.05, 0) is 56.4 Å². The molecular formula is C15H24N2S. The molecular weight excluding hydrogens is 240 g/mol. The van der Waals surface area contributed by atoms with E-state index in [1.807, 2.05) is 16.8 Å². The molecule has 4 unspecified atom stereocenters. The Kier molecular flexibility index (Phi) is 4.00. The summed E-state index contributed by atoms with van der Waals surface area (Å²) in [4.78, 5) is 5.67. The predicted octanol–water partition coefficient (Wildman–Crippen LogP) is 3.49. The highest BCUT2D eigenvalue weighted by molar-refractivity contribution is 7.09. The number of nitrogens with one attached hydrogen (secondary N) is 1. The lowest BCUT2D eigenvalue weighted by molar-refractivity contribution is 0.247. The highest BCUT2D eigenvalue weighted by Crippen LogP contribution is 2.49. The van der Waals surface area contributed by atoms with Crippen molar-refractivity contribution in [2.24, 2.45) is 17.8 Å². The van der Waals surface area contributed by atoms with Gasteiger partial charge in [-0.2, -0.15) is 0 Å². The summed E-state index contributed by atoms with van der Waals surface area (Å²) >= 11 is 1.81. The minimum absolute atomic E-state index is 0.695. The zero-order chi connectivity index (χ0) is 12.4. The van der Waals surface area contributed by atoms with Gasteiger partial charge in [-0.1, -0.05) is 13.3 Å². The fourth-order valence-corrected chi connectivity index (χ4v) is 4.71. The van der Waals surface area contributed by atoms with Crippen LogP contribution in [0.25, 0.3) is 0 Å². The maximum atomic E-state index is 4.22. The van der Waals surface area contributed by atoms with Gasteiger partial charge in [0.05, 0.1) is 5.51 Å². The molecule has 0 aromatic carbocycles. The molecule has 0 spiro atoms. The lowest BCUT2D eigenvalue weighted by Crippen LogP contribution is -2.40. The van der Waals surface area contributed by atoms with E-state index in [1.165, 1.54) is 43.4 Å². The Morgan fingerprint density at radius 1 is 1.44 bits per heavy atom. The summed E-state index contributed by atoms with van der Waals surface area (Å²) < 4.78 is 0. The van der Waals surface area contributed by atoms with Crippen molar-refractivity contribution in [3.63, 3.8) is 0 Å². The molecule has 3 heteroatoms. The molecule has 1 aromatic heterocycles. The van der Waals surface area contributed by atoms with E-state index in [4.69, 9.17) is 0 Å². The second-order valence-electron chi connectivity index (χ2n) is 6.07. The molecule has 100 valence electrons. The first-order chi connectivity index (χ1) is 8.86. The monoisotopic (exact) mass is 264 g/mol. The lowest BCUT2D eigenvalue weighted by Gasteiger charge is -2.31. The molecule has 0 amide bonds. The molecule has 18 heavy (non-hydrogen) atoms. The minimum Gasteiger partial charge on any atom is -0.313 e. The molecule has 2 bridgehead atoms. The van der Waals surface area contributed by atoms with Crippen LogP contribution in [-0.4, -0.2) is 17.6 Å². The van der Waals surface area contributed by atoms with Gasteiger partial charge in [0, 0.05) is 17.1 Å². The molecule has 2 nitrogen and oxygen atoms in total. The van der Waals surface area contributed by atoms with Gasteiger partial charge in [0.25, 0.3) is 0 Å². The third-order valence-corrected chi connectivity index (χ3v) is 5.67. The molecule has 2 aliphatic rings. The lowest BCUT2D eigenvalue weighted by atomic mass is 9.82. The molecule has 1 aromatic rings. The van der Waals surface area contributed by atoms with E-state index in [-0.39, 0.29) is 0 Å². The van der Waals surface area contributed by atoms with Crippen LogP contribution in [0.15, 0.2) is 11.7 Å². The van der Waals surface area contributed by atoms with E-state index in [2.05, 4.69) is 23.4 Å². The summed E-state index contributed by atoms with van der Waals surface area (Å²) in [5, 5.41) is 3.81. The smallest absolute Gasteiger partial charge is 0.0794 e. The van der Waals surface area contributed by atoms with Crippen LogP contribution < -0.4 is 5.32 Å². The van der Waals surface area contributed by atoms with Gasteiger partial charge >= 0.3 is 0 Å². The highest BCUT2D eigenvalue weighted by Gasteiger charge is 2.42. The number of hydrogen-bond acceptors (Lipinski definition) is 3. The number of fused-ring (bicyclic) bond motifs is 2. The van der Waals surface area contributed by atoms with Gasteiger partial charge in [0.1, 0.15) is 0 Å². The Balaban J connectivity index is 1.65. The van der Waals surface area contributed by atoms with Crippen molar-refractivity contribution in [3.05, 3.63) is 16.6 Å². The van der Waals surface area contributed by atoms with Crippen LogP contribution in [0.2, 0.25) is 0 Å². The van der Waals surface area contributed by atoms with Gasteiger partial charge in [0.2, 0.25) is 0 Å². The number of aromatic nitrogens is 1. The van der Waals surface area contributed by atoms with Gasteiger partial charge in [-0.3, -0.25) is 4.98 Å². The number of nitrogens with zero attached hydrogens (tertiary/aromatic N) is 1. The first-order valence-electron chi connectivity index (χ1n) is 7.47. The summed E-state index contributed by atoms with van der Waals surface area (Å²) in [7, 11) is 0. The molecule has 0 aliphatic heterocycles. The summed E-state index contributed by atoms with van der Waals surface area (Å²) in [5.74, 6) is 2.99. The fourth-order valence-electron chi connectivity index (χ4n) is 4.05. The summed E-state index contributed by atoms with van der Waals surface area (Å²) in [6.45, 7) is 3.43. The standard InChI is InChI=1S/C15H24N2S/c1-2-5-17-15(8-13-9-16-10-18-13)14-7-11-3-4-12(14)6-11/h9-12,14-15,17H,2-8H2,1H3. The van der Waals surface area contributed by atoms with Crippen molar-refractivity contribution in [2.45, 2.75) is 51.5 Å². The Bertz CT molecular complexity index is 363. The second-order valence-corrected chi connectivity index (χ2v) is 7.04. The fraction of sp³-hybridized carbons (Fsp3) is 0.800. The molecule has 0 saturated heterocycles. The first-order valence-corrected chi connectivity index (χ1v) is 8.35. The van der Waals surface area contributed by atoms with Gasteiger partial charge < -0.3 is 5.32 Å². The van der Waals surface area contributed by atoms with Crippen molar-refractivity contribution in [2.75, 3.05) is 6.54 Å². The Morgan fingerprint density at radius 2 is 2.39 bits per heavy atom. The van der Waals surface area contributed by atoms with Crippen LogP contribution in [-0.2, 0) is 6.42 Å². The SMILES string of the molecule is CCCNC(Cc1cncs1)C1CC2CCC1C2. The van der Waals surface area contributed by atoms with Gasteiger partial charge in [0.15, 0.2) is 0 Å². The van der Waals surface area contributed by atoms with E-state index < -0.39 is 0 Å². The van der Waals surface area contributed by atoms with E-state index in [1.54, 1.807) is 0 Å². The van der Waals surface area contributed by atoms with Crippen LogP contribution >= 0.6 is 11.3 Å². The largest absolute Gasteiger partial charge is 0.313 e. The van der Waals surface area contributed by atoms with Crippen LogP contribution in [0.4, 0.5) is 0 Å². The van der Waals surface area contributed by atoms with Gasteiger partial charge in [-0.15, -0.1) is 11.3 Å². The Labute approximate surface area is 114 Å². The maximum Gasteiger partial charge on any atom is 0.0794 e. The van der Waals surface area contributed by atoms with Crippen LogP contribution in [0.5, 0.6) is 0 Å². The molecule has 1 heterocycles. The van der Waals surface area contributed by atoms with E-state index in [9.17, 15) is 0 Å². The third-order valence-electron chi connectivity index (χ3n) is 4.87. The van der Waals surface area contributed by atoms with Crippen molar-refractivity contribution in [3.8, 4) is 0 Å². The molecule has 3 rings (SSSR count). The summed E-state index contributed by atoms with van der Waals surface area (Å²) in [6.07, 6.45) is 10.5. The average Bonchev–Trinajstić information content (AvgIpc) is 3.10. The van der Waals surface area contributed by atoms with Crippen LogP contribution in [0, 0.1) is 17.8 Å². The van der Waals surface area contributed by atoms with Crippen molar-refractivity contribution < 1.29 is 0 Å². The highest BCUT2D eigenvalue weighted by atomic mass is 32.1. The zero-order valence-corrected chi connectivity index (χ0v) is 12.1. The van der Waals surface area contributed by atoms with Crippen LogP contribution in [0.1, 0.15) is 43.9 Å². The topological polar surface area (TPSA) is 24.9 Å². The normalized spacial score (nSPS) is 31.9. The molecule has 1 N–H and O–H groups in total. The Hall–Kier alpha value is -0.410. The average molecular weight is 264 g/mol. The maximum absolute atomic E-state index is 4.22. The molecule has 2 fully saturated rings. The van der Waals surface area contributed by atoms with Crippen molar-refractivity contribution in [1.29, 1.82) is 0 Å². The van der Waals surface area contributed by atoms with E-state index in [0.29, 0.717) is 6.04 Å². The predicted molar refractivity (Wildman–Crippen MR) is 76.8 cm³/mol. The number of thiazole rings is 1. The third kappa shape index (κ3) is 2.62. The minimum atomic E-state index is 0.695. The second kappa shape index (κ2) is 5.70. The van der Waals surface area contributed by atoms with Gasteiger partial charge in [-0.25, -0.2) is 0 Å². The zero-order valence-electron chi connectivity index (χ0n) is 11.3. The molecule has 0 radical (unpaired) electrons. The number of hydrogen-bond donors (Lipinski definition) is 1. The molecule has 2 aliphatic carbocycles. The summed E-state index contributed by atoms with van der Waals surface area (Å²) in [6, 6.07) is 0.695. The van der Waals surface area contributed by atoms with E-state index >= 15 is 0 Å². The molecule has 4 atom stereocenters. The van der Waals surface area contributed by atoms with Crippen molar-refractivity contribution >= 4 is 11.3 Å². The van der Waals surface area contributed by atoms with E-state index in [0.717, 1.165) is 24.3 Å². The first kappa shape index (κ1) is 12.6. The van der Waals surface area contributed by atoms with Crippen LogP contribution in [0.3, 0.4) is 0 Å². The number of rotatable bonds is 6. The van der Waals surface area contributed by atoms with Crippen molar-refractivity contribution in [1.82, 2.24) is 10.3 Å². The quantitative estimate of drug-likeness (QED) is 0.851. The molecule has 2 saturated carbocycles.